The molecule has 3 nitrogen and oxygen atoms in total. The van der Waals surface area contributed by atoms with Gasteiger partial charge in [0.25, 0.3) is 0 Å². The third kappa shape index (κ3) is 2.60. The van der Waals surface area contributed by atoms with Crippen molar-refractivity contribution in [1.82, 2.24) is 4.98 Å². The summed E-state index contributed by atoms with van der Waals surface area (Å²) in [6.45, 7) is 4.32. The van der Waals surface area contributed by atoms with E-state index in [0.29, 0.717) is 5.41 Å². The Morgan fingerprint density at radius 2 is 1.94 bits per heavy atom. The second kappa shape index (κ2) is 4.79. The zero-order valence-corrected chi connectivity index (χ0v) is 11.2. The van der Waals surface area contributed by atoms with E-state index in [1.807, 2.05) is 12.4 Å². The van der Waals surface area contributed by atoms with Gasteiger partial charge in [0.1, 0.15) is 0 Å². The van der Waals surface area contributed by atoms with E-state index in [0.717, 1.165) is 36.8 Å². The van der Waals surface area contributed by atoms with Crippen molar-refractivity contribution in [2.24, 2.45) is 11.3 Å². The highest BCUT2D eigenvalue weighted by Gasteiger charge is 2.53. The quantitative estimate of drug-likeness (QED) is 0.772. The van der Waals surface area contributed by atoms with Gasteiger partial charge in [0.05, 0.1) is 23.8 Å². The molecular weight excluding hydrogens is 222 g/mol. The SMILES string of the molecule is CCCNc1cncc(NCC2(C3CC3)CC2)c1. The topological polar surface area (TPSA) is 37.0 Å². The lowest BCUT2D eigenvalue weighted by atomic mass is 10.0. The van der Waals surface area contributed by atoms with Crippen LogP contribution in [0.3, 0.4) is 0 Å². The van der Waals surface area contributed by atoms with E-state index in [1.54, 1.807) is 0 Å². The zero-order chi connectivity index (χ0) is 12.4. The summed E-state index contributed by atoms with van der Waals surface area (Å²) in [6, 6.07) is 2.17. The largest absolute Gasteiger partial charge is 0.384 e. The molecule has 2 fully saturated rings. The van der Waals surface area contributed by atoms with Crippen molar-refractivity contribution in [3.63, 3.8) is 0 Å². The van der Waals surface area contributed by atoms with E-state index in [1.165, 1.54) is 25.7 Å². The van der Waals surface area contributed by atoms with Crippen molar-refractivity contribution >= 4 is 11.4 Å². The Kier molecular flexibility index (Phi) is 3.14. The minimum atomic E-state index is 0.646. The lowest BCUT2D eigenvalue weighted by Crippen LogP contribution is -2.17. The molecule has 2 aliphatic rings. The summed E-state index contributed by atoms with van der Waals surface area (Å²) < 4.78 is 0. The summed E-state index contributed by atoms with van der Waals surface area (Å²) in [5.74, 6) is 1.01. The first-order valence-corrected chi connectivity index (χ1v) is 7.25. The Hall–Kier alpha value is -1.25. The average molecular weight is 245 g/mol. The van der Waals surface area contributed by atoms with Crippen LogP contribution in [-0.4, -0.2) is 18.1 Å². The zero-order valence-electron chi connectivity index (χ0n) is 11.2. The van der Waals surface area contributed by atoms with Gasteiger partial charge in [-0.2, -0.15) is 0 Å². The standard InChI is InChI=1S/C15H23N3/c1-2-7-17-13-8-14(10-16-9-13)18-11-15(5-6-15)12-3-4-12/h8-10,12,17-18H,2-7,11H2,1H3. The van der Waals surface area contributed by atoms with Crippen LogP contribution in [0, 0.1) is 11.3 Å². The van der Waals surface area contributed by atoms with Gasteiger partial charge in [-0.3, -0.25) is 4.98 Å². The van der Waals surface area contributed by atoms with Crippen LogP contribution in [-0.2, 0) is 0 Å². The molecule has 1 aromatic rings. The van der Waals surface area contributed by atoms with Crippen LogP contribution >= 0.6 is 0 Å². The summed E-state index contributed by atoms with van der Waals surface area (Å²) in [4.78, 5) is 4.29. The molecule has 3 rings (SSSR count). The smallest absolute Gasteiger partial charge is 0.0547 e. The van der Waals surface area contributed by atoms with E-state index in [-0.39, 0.29) is 0 Å². The normalized spacial score (nSPS) is 20.5. The molecule has 1 heterocycles. The molecule has 0 aromatic carbocycles. The maximum absolute atomic E-state index is 4.29. The van der Waals surface area contributed by atoms with Gasteiger partial charge in [-0.1, -0.05) is 6.92 Å². The number of rotatable bonds is 7. The minimum absolute atomic E-state index is 0.646. The highest BCUT2D eigenvalue weighted by atomic mass is 14.9. The predicted molar refractivity (Wildman–Crippen MR) is 75.9 cm³/mol. The highest BCUT2D eigenvalue weighted by molar-refractivity contribution is 5.54. The third-order valence-corrected chi connectivity index (χ3v) is 4.30. The number of anilines is 2. The van der Waals surface area contributed by atoms with Crippen LogP contribution in [0.2, 0.25) is 0 Å². The van der Waals surface area contributed by atoms with Crippen LogP contribution in [0.4, 0.5) is 11.4 Å². The molecule has 0 aliphatic heterocycles. The number of pyridine rings is 1. The van der Waals surface area contributed by atoms with Crippen molar-refractivity contribution in [2.75, 3.05) is 23.7 Å². The van der Waals surface area contributed by atoms with Crippen molar-refractivity contribution < 1.29 is 0 Å². The molecule has 0 bridgehead atoms. The summed E-state index contributed by atoms with van der Waals surface area (Å²) in [7, 11) is 0. The molecule has 98 valence electrons. The molecule has 2 saturated carbocycles. The molecule has 0 radical (unpaired) electrons. The summed E-state index contributed by atoms with van der Waals surface area (Å²) in [5, 5.41) is 6.96. The Bertz CT molecular complexity index is 408. The van der Waals surface area contributed by atoms with Gasteiger partial charge in [0.2, 0.25) is 0 Å². The monoisotopic (exact) mass is 245 g/mol. The van der Waals surface area contributed by atoms with Crippen molar-refractivity contribution in [3.05, 3.63) is 18.5 Å². The molecule has 0 spiro atoms. The molecule has 0 saturated heterocycles. The minimum Gasteiger partial charge on any atom is -0.384 e. The van der Waals surface area contributed by atoms with Crippen molar-refractivity contribution in [2.45, 2.75) is 39.0 Å². The molecule has 3 heteroatoms. The first-order valence-electron chi connectivity index (χ1n) is 7.25. The number of aromatic nitrogens is 1. The number of nitrogens with one attached hydrogen (secondary N) is 2. The van der Waals surface area contributed by atoms with Crippen molar-refractivity contribution in [3.8, 4) is 0 Å². The molecule has 1 aromatic heterocycles. The predicted octanol–water partition coefficient (Wildman–Crippen LogP) is 3.51. The maximum atomic E-state index is 4.29. The molecule has 0 unspecified atom stereocenters. The summed E-state index contributed by atoms with van der Waals surface area (Å²) in [5.41, 5.74) is 2.92. The van der Waals surface area contributed by atoms with Crippen LogP contribution in [0.15, 0.2) is 18.5 Å². The number of hydrogen-bond donors (Lipinski definition) is 2. The first kappa shape index (κ1) is 11.8. The van der Waals surface area contributed by atoms with Crippen LogP contribution in [0.1, 0.15) is 39.0 Å². The van der Waals surface area contributed by atoms with Crippen LogP contribution in [0.25, 0.3) is 0 Å². The van der Waals surface area contributed by atoms with Crippen LogP contribution in [0.5, 0.6) is 0 Å². The van der Waals surface area contributed by atoms with E-state index in [9.17, 15) is 0 Å². The Morgan fingerprint density at radius 1 is 1.22 bits per heavy atom. The fourth-order valence-electron chi connectivity index (χ4n) is 2.77. The molecule has 2 N–H and O–H groups in total. The van der Waals surface area contributed by atoms with Gasteiger partial charge in [-0.25, -0.2) is 0 Å². The molecule has 2 aliphatic carbocycles. The Labute approximate surface area is 109 Å². The fourth-order valence-corrected chi connectivity index (χ4v) is 2.77. The van der Waals surface area contributed by atoms with Gasteiger partial charge in [0.15, 0.2) is 0 Å². The van der Waals surface area contributed by atoms with Gasteiger partial charge >= 0.3 is 0 Å². The maximum Gasteiger partial charge on any atom is 0.0547 e. The molecule has 18 heavy (non-hydrogen) atoms. The Balaban J connectivity index is 1.55. The Morgan fingerprint density at radius 3 is 2.56 bits per heavy atom. The van der Waals surface area contributed by atoms with Crippen LogP contribution < -0.4 is 10.6 Å². The second-order valence-corrected chi connectivity index (χ2v) is 5.88. The molecule has 0 atom stereocenters. The lowest BCUT2D eigenvalue weighted by molar-refractivity contribution is 0.467. The first-order chi connectivity index (χ1) is 8.82. The molecular formula is C15H23N3. The fraction of sp³-hybridized carbons (Fsp3) is 0.667. The van der Waals surface area contributed by atoms with Crippen molar-refractivity contribution in [1.29, 1.82) is 0 Å². The highest BCUT2D eigenvalue weighted by Crippen LogP contribution is 2.61. The molecule has 0 amide bonds. The van der Waals surface area contributed by atoms with Gasteiger partial charge < -0.3 is 10.6 Å². The second-order valence-electron chi connectivity index (χ2n) is 5.88. The van der Waals surface area contributed by atoms with Gasteiger partial charge in [0, 0.05) is 13.1 Å². The average Bonchev–Trinajstić information content (AvgIpc) is 3.27. The third-order valence-electron chi connectivity index (χ3n) is 4.30. The number of hydrogen-bond acceptors (Lipinski definition) is 3. The van der Waals surface area contributed by atoms with Gasteiger partial charge in [-0.05, 0) is 49.5 Å². The van der Waals surface area contributed by atoms with Gasteiger partial charge in [-0.15, -0.1) is 0 Å². The lowest BCUT2D eigenvalue weighted by Gasteiger charge is -2.16. The van der Waals surface area contributed by atoms with E-state index >= 15 is 0 Å². The van der Waals surface area contributed by atoms with E-state index in [2.05, 4.69) is 28.6 Å². The van der Waals surface area contributed by atoms with E-state index < -0.39 is 0 Å². The summed E-state index contributed by atoms with van der Waals surface area (Å²) in [6.07, 6.45) is 10.7. The number of nitrogens with zero attached hydrogens (tertiary/aromatic N) is 1. The van der Waals surface area contributed by atoms with E-state index in [4.69, 9.17) is 0 Å². The summed E-state index contributed by atoms with van der Waals surface area (Å²) >= 11 is 0.